The summed E-state index contributed by atoms with van der Waals surface area (Å²) in [5.41, 5.74) is 2.44. The molecule has 1 aromatic heterocycles. The third kappa shape index (κ3) is 6.88. The summed E-state index contributed by atoms with van der Waals surface area (Å²) in [4.78, 5) is 34.5. The Labute approximate surface area is 212 Å². The number of ether oxygens (including phenoxy) is 1. The molecule has 2 N–H and O–H groups in total. The molecule has 190 valence electrons. The summed E-state index contributed by atoms with van der Waals surface area (Å²) in [6.45, 7) is 0. The molecule has 7 heteroatoms. The summed E-state index contributed by atoms with van der Waals surface area (Å²) < 4.78 is 5.89. The van der Waals surface area contributed by atoms with E-state index in [1.807, 2.05) is 48.5 Å². The van der Waals surface area contributed by atoms with Gasteiger partial charge in [-0.15, -0.1) is 0 Å². The Morgan fingerprint density at radius 2 is 1.72 bits per heavy atom. The van der Waals surface area contributed by atoms with Crippen molar-refractivity contribution in [2.45, 2.75) is 63.6 Å². The first kappa shape index (κ1) is 25.8. The number of benzene rings is 2. The van der Waals surface area contributed by atoms with Gasteiger partial charge in [-0.1, -0.05) is 74.6 Å². The Morgan fingerprint density at radius 1 is 1.03 bits per heavy atom. The number of para-hydroxylation sites is 2. The van der Waals surface area contributed by atoms with E-state index < -0.39 is 24.1 Å². The van der Waals surface area contributed by atoms with Crippen LogP contribution < -0.4 is 5.32 Å². The van der Waals surface area contributed by atoms with Gasteiger partial charge >= 0.3 is 5.97 Å². The summed E-state index contributed by atoms with van der Waals surface area (Å²) in [5.74, 6) is -0.810. The van der Waals surface area contributed by atoms with Gasteiger partial charge in [0.2, 0.25) is 5.91 Å². The van der Waals surface area contributed by atoms with Gasteiger partial charge in [-0.05, 0) is 42.9 Å². The molecule has 1 amide bonds. The number of hydrogen-bond donors (Lipinski definition) is 2. The SMILES string of the molecule is CNC(=O)[C@H](Cc1ccccc1)C[C@H](O)[C@H](CC1CCCCC1)OC(=O)c1cnc2ccccc2n1. The molecule has 0 aliphatic heterocycles. The predicted molar refractivity (Wildman–Crippen MR) is 138 cm³/mol. The van der Waals surface area contributed by atoms with Crippen molar-refractivity contribution in [2.75, 3.05) is 7.05 Å². The van der Waals surface area contributed by atoms with E-state index in [1.54, 1.807) is 13.1 Å². The van der Waals surface area contributed by atoms with Crippen molar-refractivity contribution >= 4 is 22.9 Å². The molecular weight excluding hydrogens is 454 g/mol. The first-order valence-corrected chi connectivity index (χ1v) is 12.9. The Kier molecular flexibility index (Phi) is 9.01. The monoisotopic (exact) mass is 489 g/mol. The number of nitrogens with one attached hydrogen (secondary N) is 1. The molecule has 1 saturated carbocycles. The topological polar surface area (TPSA) is 101 Å². The number of amides is 1. The van der Waals surface area contributed by atoms with Crippen LogP contribution in [0, 0.1) is 11.8 Å². The molecule has 7 nitrogen and oxygen atoms in total. The molecule has 3 atom stereocenters. The van der Waals surface area contributed by atoms with Crippen LogP contribution in [0.5, 0.6) is 0 Å². The maximum atomic E-state index is 13.1. The number of carbonyl (C=O) groups excluding carboxylic acids is 2. The molecule has 0 radical (unpaired) electrons. The second-order valence-corrected chi connectivity index (χ2v) is 9.73. The normalized spacial score (nSPS) is 16.7. The van der Waals surface area contributed by atoms with Crippen molar-refractivity contribution in [3.8, 4) is 0 Å². The molecular formula is C29H35N3O4. The highest BCUT2D eigenvalue weighted by Gasteiger charge is 2.32. The molecule has 0 spiro atoms. The quantitative estimate of drug-likeness (QED) is 0.407. The number of fused-ring (bicyclic) bond motifs is 1. The molecule has 1 fully saturated rings. The number of aliphatic hydroxyl groups excluding tert-OH is 1. The highest BCUT2D eigenvalue weighted by molar-refractivity contribution is 5.89. The standard InChI is InChI=1S/C29H35N3O4/c1-30-28(34)22(16-20-10-4-2-5-11-20)18-26(33)27(17-21-12-6-3-7-13-21)36-29(35)25-19-31-23-14-8-9-15-24(23)32-25/h2,4-5,8-11,14-15,19,21-22,26-27,33H,3,6-7,12-13,16-18H2,1H3,(H,30,34)/t22-,26+,27+/m1/s1. The van der Waals surface area contributed by atoms with Gasteiger partial charge in [-0.25, -0.2) is 9.78 Å². The second-order valence-electron chi connectivity index (χ2n) is 9.73. The van der Waals surface area contributed by atoms with E-state index in [4.69, 9.17) is 4.74 Å². The van der Waals surface area contributed by atoms with Crippen molar-refractivity contribution in [3.63, 3.8) is 0 Å². The Balaban J connectivity index is 1.51. The number of nitrogens with zero attached hydrogens (tertiary/aromatic N) is 2. The van der Waals surface area contributed by atoms with Crippen LogP contribution in [-0.2, 0) is 16.0 Å². The number of aliphatic hydroxyl groups is 1. The van der Waals surface area contributed by atoms with E-state index in [9.17, 15) is 14.7 Å². The van der Waals surface area contributed by atoms with Crippen LogP contribution in [0.25, 0.3) is 11.0 Å². The van der Waals surface area contributed by atoms with Crippen LogP contribution in [0.4, 0.5) is 0 Å². The van der Waals surface area contributed by atoms with Crippen LogP contribution in [0.1, 0.15) is 61.0 Å². The number of esters is 1. The van der Waals surface area contributed by atoms with Gasteiger partial charge in [0, 0.05) is 13.0 Å². The highest BCUT2D eigenvalue weighted by Crippen LogP contribution is 2.30. The van der Waals surface area contributed by atoms with Crippen molar-refractivity contribution in [1.29, 1.82) is 0 Å². The fraction of sp³-hybridized carbons (Fsp3) is 0.448. The molecule has 3 aromatic rings. The van der Waals surface area contributed by atoms with E-state index in [0.29, 0.717) is 29.8 Å². The highest BCUT2D eigenvalue weighted by atomic mass is 16.6. The summed E-state index contributed by atoms with van der Waals surface area (Å²) in [5, 5.41) is 14.0. The van der Waals surface area contributed by atoms with Gasteiger partial charge in [0.25, 0.3) is 0 Å². The third-order valence-electron chi connectivity index (χ3n) is 7.10. The van der Waals surface area contributed by atoms with Gasteiger partial charge in [-0.2, -0.15) is 0 Å². The average Bonchev–Trinajstić information content (AvgIpc) is 2.92. The molecule has 0 bridgehead atoms. The smallest absolute Gasteiger partial charge is 0.358 e. The molecule has 36 heavy (non-hydrogen) atoms. The second kappa shape index (κ2) is 12.6. The van der Waals surface area contributed by atoms with Crippen LogP contribution in [0.2, 0.25) is 0 Å². The summed E-state index contributed by atoms with van der Waals surface area (Å²) in [6.07, 6.45) is 6.59. The number of carbonyl (C=O) groups is 2. The van der Waals surface area contributed by atoms with E-state index in [-0.39, 0.29) is 18.0 Å². The maximum Gasteiger partial charge on any atom is 0.358 e. The summed E-state index contributed by atoms with van der Waals surface area (Å²) >= 11 is 0. The van der Waals surface area contributed by atoms with Gasteiger partial charge in [0.15, 0.2) is 5.69 Å². The van der Waals surface area contributed by atoms with E-state index in [0.717, 1.165) is 31.2 Å². The molecule has 4 rings (SSSR count). The largest absolute Gasteiger partial charge is 0.455 e. The van der Waals surface area contributed by atoms with Gasteiger partial charge in [0.1, 0.15) is 6.10 Å². The Bertz CT molecular complexity index is 1150. The molecule has 1 heterocycles. The first-order chi connectivity index (χ1) is 17.5. The summed E-state index contributed by atoms with van der Waals surface area (Å²) in [7, 11) is 1.60. The Hall–Kier alpha value is -3.32. The lowest BCUT2D eigenvalue weighted by Crippen LogP contribution is -2.39. The third-order valence-corrected chi connectivity index (χ3v) is 7.10. The van der Waals surface area contributed by atoms with E-state index >= 15 is 0 Å². The van der Waals surface area contributed by atoms with Crippen LogP contribution in [0.3, 0.4) is 0 Å². The van der Waals surface area contributed by atoms with Crippen molar-refractivity contribution < 1.29 is 19.4 Å². The Morgan fingerprint density at radius 3 is 2.44 bits per heavy atom. The molecule has 1 aliphatic rings. The average molecular weight is 490 g/mol. The predicted octanol–water partition coefficient (Wildman–Crippen LogP) is 4.48. The molecule has 0 unspecified atom stereocenters. The minimum absolute atomic E-state index is 0.113. The maximum absolute atomic E-state index is 13.1. The van der Waals surface area contributed by atoms with E-state index in [2.05, 4.69) is 15.3 Å². The number of aromatic nitrogens is 2. The van der Waals surface area contributed by atoms with Gasteiger partial charge in [-0.3, -0.25) is 9.78 Å². The van der Waals surface area contributed by atoms with Crippen molar-refractivity contribution in [3.05, 3.63) is 72.1 Å². The van der Waals surface area contributed by atoms with Gasteiger partial charge < -0.3 is 15.2 Å². The lowest BCUT2D eigenvalue weighted by Gasteiger charge is -2.30. The van der Waals surface area contributed by atoms with Crippen LogP contribution in [-0.4, -0.2) is 46.2 Å². The first-order valence-electron chi connectivity index (χ1n) is 12.9. The van der Waals surface area contributed by atoms with Crippen molar-refractivity contribution in [2.24, 2.45) is 11.8 Å². The van der Waals surface area contributed by atoms with Crippen molar-refractivity contribution in [1.82, 2.24) is 15.3 Å². The summed E-state index contributed by atoms with van der Waals surface area (Å²) in [6, 6.07) is 17.1. The zero-order valence-electron chi connectivity index (χ0n) is 20.8. The zero-order valence-corrected chi connectivity index (χ0v) is 20.8. The lowest BCUT2D eigenvalue weighted by molar-refractivity contribution is -0.126. The van der Waals surface area contributed by atoms with Crippen LogP contribution in [0.15, 0.2) is 60.8 Å². The fourth-order valence-corrected chi connectivity index (χ4v) is 5.12. The lowest BCUT2D eigenvalue weighted by atomic mass is 9.82. The zero-order chi connectivity index (χ0) is 25.3. The minimum atomic E-state index is -0.977. The number of hydrogen-bond acceptors (Lipinski definition) is 6. The molecule has 1 aliphatic carbocycles. The molecule has 0 saturated heterocycles. The van der Waals surface area contributed by atoms with Gasteiger partial charge in [0.05, 0.1) is 23.3 Å². The van der Waals surface area contributed by atoms with Crippen LogP contribution >= 0.6 is 0 Å². The van der Waals surface area contributed by atoms with E-state index in [1.165, 1.54) is 12.6 Å². The fourth-order valence-electron chi connectivity index (χ4n) is 5.12. The minimum Gasteiger partial charge on any atom is -0.455 e. The number of rotatable bonds is 10. The molecule has 2 aromatic carbocycles.